The molecule has 0 saturated carbocycles. The lowest BCUT2D eigenvalue weighted by Crippen LogP contribution is -2.31. The first kappa shape index (κ1) is 21.2. The Morgan fingerprint density at radius 3 is 2.55 bits per heavy atom. The number of carbonyl (C=O) groups excluding carboxylic acids is 1. The number of alkyl halides is 2. The highest BCUT2D eigenvalue weighted by Gasteiger charge is 2.43. The Morgan fingerprint density at radius 1 is 1.09 bits per heavy atom. The van der Waals surface area contributed by atoms with Gasteiger partial charge in [0, 0.05) is 30.6 Å². The molecule has 0 aliphatic carbocycles. The molecular weight excluding hydrogens is 432 g/mol. The van der Waals surface area contributed by atoms with E-state index < -0.39 is 12.3 Å². The van der Waals surface area contributed by atoms with Crippen molar-refractivity contribution in [1.82, 2.24) is 9.88 Å². The number of amides is 2. The van der Waals surface area contributed by atoms with Crippen molar-refractivity contribution in [3.63, 3.8) is 0 Å². The van der Waals surface area contributed by atoms with E-state index in [0.717, 1.165) is 36.2 Å². The zero-order chi connectivity index (χ0) is 23.3. The molecule has 172 valence electrons. The van der Waals surface area contributed by atoms with Gasteiger partial charge in [-0.25, -0.2) is 9.78 Å². The van der Waals surface area contributed by atoms with E-state index in [0.29, 0.717) is 11.7 Å². The number of primary amides is 1. The number of ether oxygens (including phenoxy) is 2. The van der Waals surface area contributed by atoms with Crippen LogP contribution in [0.25, 0.3) is 10.9 Å². The number of pyridine rings is 1. The van der Waals surface area contributed by atoms with Crippen LogP contribution in [0.3, 0.4) is 0 Å². The molecule has 2 amide bonds. The number of nitrogens with zero attached hydrogens (tertiary/aromatic N) is 4. The van der Waals surface area contributed by atoms with E-state index in [1.807, 2.05) is 18.2 Å². The second-order valence-corrected chi connectivity index (χ2v) is 8.37. The Balaban J connectivity index is 1.44. The summed E-state index contributed by atoms with van der Waals surface area (Å²) in [7, 11) is 4.17. The summed E-state index contributed by atoms with van der Waals surface area (Å²) in [6, 6.07) is 13.0. The number of halogens is 2. The summed E-state index contributed by atoms with van der Waals surface area (Å²) in [5.41, 5.74) is 7.16. The average molecular weight is 455 g/mol. The molecule has 1 unspecified atom stereocenters. The van der Waals surface area contributed by atoms with Crippen LogP contribution in [0.1, 0.15) is 6.42 Å². The van der Waals surface area contributed by atoms with Crippen LogP contribution in [0.4, 0.5) is 30.8 Å². The first-order chi connectivity index (χ1) is 15.7. The van der Waals surface area contributed by atoms with Crippen molar-refractivity contribution in [2.24, 2.45) is 5.73 Å². The number of nitrogens with two attached hydrogens (primary N) is 1. The van der Waals surface area contributed by atoms with Gasteiger partial charge in [-0.3, -0.25) is 4.90 Å². The van der Waals surface area contributed by atoms with Gasteiger partial charge in [-0.15, -0.1) is 8.78 Å². The summed E-state index contributed by atoms with van der Waals surface area (Å²) in [5.74, 6) is 0.627. The lowest BCUT2D eigenvalue weighted by Gasteiger charge is -2.22. The minimum absolute atomic E-state index is 0.109. The van der Waals surface area contributed by atoms with Crippen LogP contribution < -0.4 is 25.0 Å². The Kier molecular flexibility index (Phi) is 4.97. The lowest BCUT2D eigenvalue weighted by atomic mass is 10.1. The monoisotopic (exact) mass is 455 g/mol. The number of carbonyl (C=O) groups is 1. The molecule has 8 nitrogen and oxygen atoms in total. The van der Waals surface area contributed by atoms with E-state index in [1.165, 1.54) is 23.1 Å². The van der Waals surface area contributed by atoms with E-state index in [1.54, 1.807) is 12.1 Å². The number of rotatable bonds is 4. The fourth-order valence-electron chi connectivity index (χ4n) is 4.27. The van der Waals surface area contributed by atoms with Crippen LogP contribution in [0, 0.1) is 0 Å². The van der Waals surface area contributed by atoms with Crippen molar-refractivity contribution in [3.8, 4) is 11.5 Å². The van der Waals surface area contributed by atoms with Gasteiger partial charge >= 0.3 is 12.3 Å². The molecule has 0 spiro atoms. The Morgan fingerprint density at radius 2 is 1.82 bits per heavy atom. The summed E-state index contributed by atoms with van der Waals surface area (Å²) >= 11 is 0. The van der Waals surface area contributed by atoms with Crippen molar-refractivity contribution < 1.29 is 23.0 Å². The molecule has 3 heterocycles. The van der Waals surface area contributed by atoms with Crippen LogP contribution in [0.2, 0.25) is 0 Å². The van der Waals surface area contributed by atoms with Gasteiger partial charge in [0.05, 0.1) is 16.9 Å². The van der Waals surface area contributed by atoms with Gasteiger partial charge in [0.2, 0.25) is 0 Å². The minimum atomic E-state index is -3.74. The van der Waals surface area contributed by atoms with Gasteiger partial charge < -0.3 is 25.0 Å². The smallest absolute Gasteiger partial charge is 0.395 e. The summed E-state index contributed by atoms with van der Waals surface area (Å²) in [4.78, 5) is 22.8. The van der Waals surface area contributed by atoms with Crippen molar-refractivity contribution in [1.29, 1.82) is 0 Å². The highest BCUT2D eigenvalue weighted by atomic mass is 19.3. The van der Waals surface area contributed by atoms with Crippen molar-refractivity contribution in [2.45, 2.75) is 18.8 Å². The van der Waals surface area contributed by atoms with Crippen LogP contribution in [0.5, 0.6) is 11.5 Å². The van der Waals surface area contributed by atoms with E-state index in [9.17, 15) is 13.6 Å². The highest BCUT2D eigenvalue weighted by Crippen LogP contribution is 2.44. The molecule has 0 bridgehead atoms. The fraction of sp³-hybridized carbons (Fsp3) is 0.304. The Bertz CT molecular complexity index is 1240. The maximum Gasteiger partial charge on any atom is 0.586 e. The van der Waals surface area contributed by atoms with Gasteiger partial charge in [0.15, 0.2) is 11.5 Å². The summed E-state index contributed by atoms with van der Waals surface area (Å²) in [6.45, 7) is 1.86. The van der Waals surface area contributed by atoms with E-state index >= 15 is 0 Å². The molecule has 1 fully saturated rings. The molecule has 0 radical (unpaired) electrons. The number of aromatic nitrogens is 1. The third kappa shape index (κ3) is 3.97. The zero-order valence-electron chi connectivity index (χ0n) is 18.2. The second kappa shape index (κ2) is 7.73. The summed E-state index contributed by atoms with van der Waals surface area (Å²) in [5, 5.41) is 0.818. The number of fused-ring (bicyclic) bond motifs is 2. The number of likely N-dealkylation sites (N-methyl/N-ethyl adjacent to an activating group) is 1. The largest absolute Gasteiger partial charge is 0.586 e. The number of benzene rings is 2. The Hall–Kier alpha value is -3.66. The predicted molar refractivity (Wildman–Crippen MR) is 120 cm³/mol. The standard InChI is InChI=1S/C23H23F2N5O3/c1-28(2)17-9-10-29(13-17)21-8-3-14-11-15(4-6-18(14)27-21)30(22(26)31)16-5-7-19-20(12-16)33-23(24,25)32-19/h3-8,11-12,17H,9-10,13H2,1-2H3,(H2,26,31). The maximum atomic E-state index is 13.4. The first-order valence-corrected chi connectivity index (χ1v) is 10.5. The molecule has 1 atom stereocenters. The minimum Gasteiger partial charge on any atom is -0.395 e. The molecule has 2 N–H and O–H groups in total. The molecule has 1 aromatic heterocycles. The van der Waals surface area contributed by atoms with Gasteiger partial charge in [-0.1, -0.05) is 0 Å². The topological polar surface area (TPSA) is 84.2 Å². The molecule has 5 rings (SSSR count). The summed E-state index contributed by atoms with van der Waals surface area (Å²) in [6.07, 6.45) is -2.66. The van der Waals surface area contributed by atoms with Crippen molar-refractivity contribution in [2.75, 3.05) is 37.0 Å². The van der Waals surface area contributed by atoms with Gasteiger partial charge in [-0.2, -0.15) is 0 Å². The van der Waals surface area contributed by atoms with Crippen LogP contribution in [0.15, 0.2) is 48.5 Å². The predicted octanol–water partition coefficient (Wildman–Crippen LogP) is 3.91. The Labute approximate surface area is 189 Å². The molecule has 3 aromatic rings. The van der Waals surface area contributed by atoms with Crippen LogP contribution >= 0.6 is 0 Å². The number of urea groups is 1. The fourth-order valence-corrected chi connectivity index (χ4v) is 4.27. The molecule has 10 heteroatoms. The molecule has 33 heavy (non-hydrogen) atoms. The van der Waals surface area contributed by atoms with E-state index in [2.05, 4.69) is 33.4 Å². The molecule has 2 aromatic carbocycles. The molecular formula is C23H23F2N5O3. The second-order valence-electron chi connectivity index (χ2n) is 8.37. The van der Waals surface area contributed by atoms with Gasteiger partial charge in [0.25, 0.3) is 0 Å². The van der Waals surface area contributed by atoms with Crippen molar-refractivity contribution >= 4 is 34.1 Å². The zero-order valence-corrected chi connectivity index (χ0v) is 18.2. The normalized spacial score (nSPS) is 18.8. The van der Waals surface area contributed by atoms with E-state index in [-0.39, 0.29) is 17.2 Å². The summed E-state index contributed by atoms with van der Waals surface area (Å²) < 4.78 is 35.7. The first-order valence-electron chi connectivity index (χ1n) is 10.5. The van der Waals surface area contributed by atoms with Gasteiger partial charge in [-0.05, 0) is 63.0 Å². The average Bonchev–Trinajstić information content (AvgIpc) is 3.36. The quantitative estimate of drug-likeness (QED) is 0.642. The molecule has 1 saturated heterocycles. The highest BCUT2D eigenvalue weighted by molar-refractivity contribution is 6.00. The molecule has 2 aliphatic rings. The maximum absolute atomic E-state index is 13.4. The number of hydrogen-bond donors (Lipinski definition) is 1. The van der Waals surface area contributed by atoms with E-state index in [4.69, 9.17) is 10.7 Å². The molecule has 2 aliphatic heterocycles. The third-order valence-corrected chi connectivity index (χ3v) is 6.00. The number of anilines is 3. The van der Waals surface area contributed by atoms with Crippen LogP contribution in [-0.2, 0) is 0 Å². The third-order valence-electron chi connectivity index (χ3n) is 6.00. The van der Waals surface area contributed by atoms with Crippen LogP contribution in [-0.4, -0.2) is 55.4 Å². The van der Waals surface area contributed by atoms with Gasteiger partial charge in [0.1, 0.15) is 5.82 Å². The lowest BCUT2D eigenvalue weighted by molar-refractivity contribution is -0.286. The van der Waals surface area contributed by atoms with Crippen molar-refractivity contribution in [3.05, 3.63) is 48.5 Å². The SMILES string of the molecule is CN(C)C1CCN(c2ccc3cc(N(C(N)=O)c4ccc5c(c4)OC(F)(F)O5)ccc3n2)C1. The number of hydrogen-bond acceptors (Lipinski definition) is 6.